The molecule has 0 aromatic carbocycles. The molecule has 156 valence electrons. The number of aliphatic imine (C=N–C) groups is 1. The smallest absolute Gasteiger partial charge is 0.146 e. The molecule has 1 aliphatic heterocycles. The number of hydrogen-bond donors (Lipinski definition) is 0. The maximum absolute atomic E-state index is 5.67. The van der Waals surface area contributed by atoms with E-state index in [1.54, 1.807) is 7.11 Å². The second-order valence-corrected chi connectivity index (χ2v) is 8.91. The first-order chi connectivity index (χ1) is 13.6. The van der Waals surface area contributed by atoms with Gasteiger partial charge in [0.05, 0.1) is 17.2 Å². The topological polar surface area (TPSA) is 30.8 Å². The molecule has 4 heteroatoms. The van der Waals surface area contributed by atoms with Crippen LogP contribution in [-0.4, -0.2) is 36.8 Å². The quantitative estimate of drug-likeness (QED) is 0.147. The maximum atomic E-state index is 5.67. The van der Waals surface area contributed by atoms with E-state index >= 15 is 0 Å². The van der Waals surface area contributed by atoms with Gasteiger partial charge >= 0.3 is 0 Å². The van der Waals surface area contributed by atoms with E-state index in [2.05, 4.69) is 50.8 Å². The number of methoxy groups -OCH3 is 1. The molecule has 4 atom stereocenters. The van der Waals surface area contributed by atoms with Crippen LogP contribution in [0.2, 0.25) is 0 Å². The average Bonchev–Trinajstić information content (AvgIpc) is 3.23. The number of nitrogens with zero attached hydrogens (tertiary/aromatic N) is 1. The van der Waals surface area contributed by atoms with E-state index in [1.807, 2.05) is 17.8 Å². The molecular weight excluding hydrogens is 366 g/mol. The Morgan fingerprint density at radius 1 is 1.36 bits per heavy atom. The molecule has 2 aliphatic rings. The van der Waals surface area contributed by atoms with Crippen LogP contribution in [0.4, 0.5) is 0 Å². The number of unbranched alkanes of at least 4 members (excludes halogenated alkanes) is 1. The summed E-state index contributed by atoms with van der Waals surface area (Å²) in [6, 6.07) is 0.405. The monoisotopic (exact) mass is 403 g/mol. The van der Waals surface area contributed by atoms with Crippen molar-refractivity contribution >= 4 is 16.8 Å². The Labute approximate surface area is 176 Å². The van der Waals surface area contributed by atoms with Crippen LogP contribution in [0.25, 0.3) is 0 Å². The largest absolute Gasteiger partial charge is 0.359 e. The zero-order chi connectivity index (χ0) is 20.2. The van der Waals surface area contributed by atoms with Crippen molar-refractivity contribution in [3.63, 3.8) is 0 Å². The lowest BCUT2D eigenvalue weighted by atomic mass is 10.1. The van der Waals surface area contributed by atoms with Gasteiger partial charge in [0.25, 0.3) is 0 Å². The van der Waals surface area contributed by atoms with Crippen LogP contribution in [0.5, 0.6) is 0 Å². The van der Waals surface area contributed by atoms with Crippen molar-refractivity contribution < 1.29 is 9.47 Å². The molecule has 0 radical (unpaired) electrons. The first-order valence-corrected chi connectivity index (χ1v) is 11.5. The summed E-state index contributed by atoms with van der Waals surface area (Å²) in [6.45, 7) is 8.66. The molecule has 0 amide bonds. The van der Waals surface area contributed by atoms with E-state index < -0.39 is 0 Å². The second kappa shape index (κ2) is 13.2. The fraction of sp³-hybridized carbons (Fsp3) is 0.625. The van der Waals surface area contributed by atoms with Gasteiger partial charge in [0.1, 0.15) is 6.79 Å². The first kappa shape index (κ1) is 23.2. The third-order valence-corrected chi connectivity index (χ3v) is 6.42. The van der Waals surface area contributed by atoms with Crippen molar-refractivity contribution in [3.05, 3.63) is 48.6 Å². The Bertz CT molecular complexity index is 593. The average molecular weight is 404 g/mol. The number of thioether (sulfide) groups is 1. The Balaban J connectivity index is 1.59. The number of rotatable bonds is 14. The molecule has 0 aromatic heterocycles. The molecule has 1 heterocycles. The summed E-state index contributed by atoms with van der Waals surface area (Å²) in [5, 5.41) is 1.41. The van der Waals surface area contributed by atoms with Crippen LogP contribution in [-0.2, 0) is 9.47 Å². The minimum Gasteiger partial charge on any atom is -0.359 e. The highest BCUT2D eigenvalue weighted by atomic mass is 32.2. The van der Waals surface area contributed by atoms with Crippen LogP contribution in [0.1, 0.15) is 52.4 Å². The number of hydrogen-bond acceptors (Lipinski definition) is 4. The summed E-state index contributed by atoms with van der Waals surface area (Å²) in [6.07, 6.45) is 19.7. The minimum atomic E-state index is 0.190. The van der Waals surface area contributed by atoms with Crippen molar-refractivity contribution in [3.8, 4) is 0 Å². The zero-order valence-electron chi connectivity index (χ0n) is 17.8. The van der Waals surface area contributed by atoms with Gasteiger partial charge in [0, 0.05) is 18.8 Å². The molecule has 1 aliphatic carbocycles. The maximum Gasteiger partial charge on any atom is 0.146 e. The fourth-order valence-electron chi connectivity index (χ4n) is 3.24. The minimum absolute atomic E-state index is 0.190. The highest BCUT2D eigenvalue weighted by Gasteiger charge is 2.39. The molecule has 0 saturated heterocycles. The van der Waals surface area contributed by atoms with E-state index in [0.717, 1.165) is 49.7 Å². The summed E-state index contributed by atoms with van der Waals surface area (Å²) in [4.78, 5) is 4.87. The van der Waals surface area contributed by atoms with Gasteiger partial charge in [-0.15, -0.1) is 18.3 Å². The van der Waals surface area contributed by atoms with Crippen LogP contribution >= 0.6 is 11.8 Å². The molecule has 3 nitrogen and oxygen atoms in total. The van der Waals surface area contributed by atoms with Crippen molar-refractivity contribution in [2.45, 2.75) is 64.5 Å². The molecule has 2 rings (SSSR count). The van der Waals surface area contributed by atoms with Crippen molar-refractivity contribution in [2.24, 2.45) is 16.8 Å². The summed E-state index contributed by atoms with van der Waals surface area (Å²) < 4.78 is 10.7. The molecule has 1 saturated carbocycles. The third kappa shape index (κ3) is 8.93. The van der Waals surface area contributed by atoms with Gasteiger partial charge in [-0.3, -0.25) is 4.99 Å². The van der Waals surface area contributed by atoms with Crippen molar-refractivity contribution in [2.75, 3.05) is 19.7 Å². The van der Waals surface area contributed by atoms with Gasteiger partial charge in [0.15, 0.2) is 0 Å². The van der Waals surface area contributed by atoms with Crippen LogP contribution in [0.15, 0.2) is 53.6 Å². The lowest BCUT2D eigenvalue weighted by molar-refractivity contribution is -0.0725. The molecule has 0 bridgehead atoms. The van der Waals surface area contributed by atoms with E-state index in [9.17, 15) is 0 Å². The Morgan fingerprint density at radius 2 is 2.14 bits per heavy atom. The highest BCUT2D eigenvalue weighted by molar-refractivity contribution is 8.14. The summed E-state index contributed by atoms with van der Waals surface area (Å²) in [5.41, 5.74) is 1.38. The lowest BCUT2D eigenvalue weighted by Crippen LogP contribution is -2.13. The highest BCUT2D eigenvalue weighted by Crippen LogP contribution is 2.44. The van der Waals surface area contributed by atoms with E-state index in [0.29, 0.717) is 12.8 Å². The first-order valence-electron chi connectivity index (χ1n) is 10.5. The molecule has 0 aromatic rings. The van der Waals surface area contributed by atoms with E-state index in [4.69, 9.17) is 14.5 Å². The van der Waals surface area contributed by atoms with Gasteiger partial charge in [-0.25, -0.2) is 0 Å². The summed E-state index contributed by atoms with van der Waals surface area (Å²) in [5.74, 6) is 2.77. The molecule has 0 spiro atoms. The molecule has 28 heavy (non-hydrogen) atoms. The van der Waals surface area contributed by atoms with Gasteiger partial charge in [-0.1, -0.05) is 49.0 Å². The Kier molecular flexibility index (Phi) is 10.9. The fourth-order valence-corrected chi connectivity index (χ4v) is 4.52. The zero-order valence-corrected chi connectivity index (χ0v) is 18.6. The number of allylic oxidation sites excluding steroid dienone is 5. The predicted molar refractivity (Wildman–Crippen MR) is 123 cm³/mol. The van der Waals surface area contributed by atoms with Crippen molar-refractivity contribution in [1.29, 1.82) is 0 Å². The van der Waals surface area contributed by atoms with E-state index in [-0.39, 0.29) is 6.10 Å². The van der Waals surface area contributed by atoms with Gasteiger partial charge < -0.3 is 9.47 Å². The summed E-state index contributed by atoms with van der Waals surface area (Å²) >= 11 is 1.97. The molecule has 3 unspecified atom stereocenters. The van der Waals surface area contributed by atoms with Crippen molar-refractivity contribution in [1.82, 2.24) is 0 Å². The van der Waals surface area contributed by atoms with Crippen LogP contribution in [0, 0.1) is 11.8 Å². The van der Waals surface area contributed by atoms with E-state index in [1.165, 1.54) is 17.0 Å². The molecular formula is C24H37NO2S. The van der Waals surface area contributed by atoms with Crippen LogP contribution < -0.4 is 0 Å². The second-order valence-electron chi connectivity index (χ2n) is 7.87. The van der Waals surface area contributed by atoms with Crippen LogP contribution in [0.3, 0.4) is 0 Å². The SMILES string of the molecule is C=CCC(CCC(C)=CC=CCCC=CC1CSC(C2C[C@@H]2C)=N1)OCOC. The summed E-state index contributed by atoms with van der Waals surface area (Å²) in [7, 11) is 1.65. The normalized spacial score (nSPS) is 26.2. The standard InChI is InChI=1S/C24H37NO2S/c1-5-11-22(27-18-26-4)15-14-19(2)12-9-7-6-8-10-13-21-17-28-24(25-21)23-16-20(23)3/h5,7,9-10,12-13,20-23H,1,6,8,11,14-18H2,2-4H3/t20-,21?,22?,23?/m0/s1. The Hall–Kier alpha value is -1.10. The third-order valence-electron chi connectivity index (χ3n) is 5.21. The molecule has 1 fully saturated rings. The van der Waals surface area contributed by atoms with Gasteiger partial charge in [0.2, 0.25) is 0 Å². The van der Waals surface area contributed by atoms with Gasteiger partial charge in [-0.2, -0.15) is 0 Å². The van der Waals surface area contributed by atoms with Gasteiger partial charge in [-0.05, 0) is 51.4 Å². The molecule has 0 N–H and O–H groups in total. The predicted octanol–water partition coefficient (Wildman–Crippen LogP) is 6.34. The Morgan fingerprint density at radius 3 is 2.86 bits per heavy atom. The lowest BCUT2D eigenvalue weighted by Gasteiger charge is -2.15. The number of ether oxygens (including phenoxy) is 2.